The number of rotatable bonds is 5. The number of anilines is 3. The van der Waals surface area contributed by atoms with Crippen LogP contribution in [0.2, 0.25) is 0 Å². The number of hydrogen-bond donors (Lipinski definition) is 0. The number of fused-ring (bicyclic) bond motifs is 8. The van der Waals surface area contributed by atoms with E-state index in [-0.39, 0.29) is 0 Å². The number of aromatic nitrogens is 2. The molecule has 0 aliphatic rings. The number of oxazole rings is 1. The van der Waals surface area contributed by atoms with Gasteiger partial charge in [-0.3, -0.25) is 0 Å². The van der Waals surface area contributed by atoms with Crippen LogP contribution < -0.4 is 4.90 Å². The van der Waals surface area contributed by atoms with Crippen LogP contribution in [-0.4, -0.2) is 9.55 Å². The zero-order valence-electron chi connectivity index (χ0n) is 26.5. The lowest BCUT2D eigenvalue weighted by Gasteiger charge is -2.27. The van der Waals surface area contributed by atoms with E-state index in [9.17, 15) is 0 Å². The fourth-order valence-corrected chi connectivity index (χ4v) is 7.40. The lowest BCUT2D eigenvalue weighted by Crippen LogP contribution is -2.10. The van der Waals surface area contributed by atoms with E-state index in [4.69, 9.17) is 9.40 Å². The highest BCUT2D eigenvalue weighted by molar-refractivity contribution is 6.20. The van der Waals surface area contributed by atoms with E-state index in [2.05, 4.69) is 155 Å². The van der Waals surface area contributed by atoms with Gasteiger partial charge in [-0.05, 0) is 89.0 Å². The van der Waals surface area contributed by atoms with Gasteiger partial charge in [-0.25, -0.2) is 4.98 Å². The van der Waals surface area contributed by atoms with Crippen LogP contribution in [-0.2, 0) is 0 Å². The standard InChI is InChI=1S/C45H29N3O/c1-4-13-32(14-5-1)45-46-38-28-26-31-24-23-30-25-27-35(29-37(30)42(31)44(38)49-45)47(33-15-6-2-7-16-33)40-21-12-22-41-43(40)36-19-10-11-20-39(36)48(41)34-17-8-3-9-18-34/h1-29H. The fourth-order valence-electron chi connectivity index (χ4n) is 7.40. The Labute approximate surface area is 282 Å². The summed E-state index contributed by atoms with van der Waals surface area (Å²) in [6.45, 7) is 0. The quantitative estimate of drug-likeness (QED) is 0.178. The molecule has 4 nitrogen and oxygen atoms in total. The summed E-state index contributed by atoms with van der Waals surface area (Å²) >= 11 is 0. The minimum atomic E-state index is 0.628. The first-order valence-electron chi connectivity index (χ1n) is 16.6. The maximum absolute atomic E-state index is 6.57. The molecule has 2 heterocycles. The van der Waals surface area contributed by atoms with Gasteiger partial charge in [0.1, 0.15) is 5.52 Å². The molecule has 2 aromatic heterocycles. The van der Waals surface area contributed by atoms with Crippen LogP contribution in [0.3, 0.4) is 0 Å². The molecule has 0 aliphatic heterocycles. The average molecular weight is 628 g/mol. The Morgan fingerprint density at radius 1 is 0.490 bits per heavy atom. The third-order valence-electron chi connectivity index (χ3n) is 9.56. The summed E-state index contributed by atoms with van der Waals surface area (Å²) < 4.78 is 8.94. The van der Waals surface area contributed by atoms with Gasteiger partial charge in [-0.1, -0.05) is 103 Å². The highest BCUT2D eigenvalue weighted by Crippen LogP contribution is 2.45. The predicted molar refractivity (Wildman–Crippen MR) is 203 cm³/mol. The molecule has 0 amide bonds. The van der Waals surface area contributed by atoms with Crippen molar-refractivity contribution in [2.24, 2.45) is 0 Å². The number of benzene rings is 8. The maximum Gasteiger partial charge on any atom is 0.227 e. The number of hydrogen-bond acceptors (Lipinski definition) is 3. The Kier molecular flexibility index (Phi) is 6.15. The highest BCUT2D eigenvalue weighted by atomic mass is 16.3. The predicted octanol–water partition coefficient (Wildman–Crippen LogP) is 12.4. The molecule has 8 aromatic carbocycles. The minimum absolute atomic E-state index is 0.628. The zero-order valence-corrected chi connectivity index (χ0v) is 26.5. The summed E-state index contributed by atoms with van der Waals surface area (Å²) in [4.78, 5) is 7.29. The van der Waals surface area contributed by atoms with Gasteiger partial charge >= 0.3 is 0 Å². The Hall–Kier alpha value is -6.65. The van der Waals surface area contributed by atoms with Gasteiger partial charge in [0.15, 0.2) is 5.58 Å². The number of para-hydroxylation sites is 3. The van der Waals surface area contributed by atoms with E-state index in [1.165, 1.54) is 16.3 Å². The van der Waals surface area contributed by atoms with E-state index in [0.717, 1.165) is 66.5 Å². The third kappa shape index (κ3) is 4.35. The summed E-state index contributed by atoms with van der Waals surface area (Å²) in [7, 11) is 0. The Bertz CT molecular complexity index is 2820. The van der Waals surface area contributed by atoms with Gasteiger partial charge in [0.2, 0.25) is 5.89 Å². The molecule has 230 valence electrons. The molecule has 0 radical (unpaired) electrons. The van der Waals surface area contributed by atoms with E-state index in [0.29, 0.717) is 5.89 Å². The summed E-state index contributed by atoms with van der Waals surface area (Å²) in [5.74, 6) is 0.628. The van der Waals surface area contributed by atoms with Crippen LogP contribution >= 0.6 is 0 Å². The summed E-state index contributed by atoms with van der Waals surface area (Å²) in [6.07, 6.45) is 0. The van der Waals surface area contributed by atoms with Crippen LogP contribution in [0.5, 0.6) is 0 Å². The molecule has 10 rings (SSSR count). The first-order valence-corrected chi connectivity index (χ1v) is 16.6. The molecule has 0 fully saturated rings. The van der Waals surface area contributed by atoms with Gasteiger partial charge in [-0.15, -0.1) is 0 Å². The molecule has 4 heteroatoms. The van der Waals surface area contributed by atoms with Crippen molar-refractivity contribution in [1.29, 1.82) is 0 Å². The molecule has 0 bridgehead atoms. The topological polar surface area (TPSA) is 34.2 Å². The first-order chi connectivity index (χ1) is 24.3. The summed E-state index contributed by atoms with van der Waals surface area (Å²) in [5, 5.41) is 6.87. The molecular formula is C45H29N3O. The first kappa shape index (κ1) is 27.5. The van der Waals surface area contributed by atoms with E-state index in [1.807, 2.05) is 30.3 Å². The molecule has 0 spiro atoms. The monoisotopic (exact) mass is 627 g/mol. The second-order valence-corrected chi connectivity index (χ2v) is 12.4. The van der Waals surface area contributed by atoms with Gasteiger partial charge in [0.05, 0.1) is 16.7 Å². The minimum Gasteiger partial charge on any atom is -0.435 e. The zero-order chi connectivity index (χ0) is 32.3. The van der Waals surface area contributed by atoms with Crippen LogP contribution in [0.25, 0.3) is 71.6 Å². The lowest BCUT2D eigenvalue weighted by atomic mass is 9.99. The maximum atomic E-state index is 6.57. The molecule has 49 heavy (non-hydrogen) atoms. The highest BCUT2D eigenvalue weighted by Gasteiger charge is 2.22. The Balaban J connectivity index is 1.26. The van der Waals surface area contributed by atoms with Gasteiger partial charge in [0, 0.05) is 38.8 Å². The van der Waals surface area contributed by atoms with E-state index >= 15 is 0 Å². The van der Waals surface area contributed by atoms with Crippen LogP contribution in [0.4, 0.5) is 17.1 Å². The lowest BCUT2D eigenvalue weighted by molar-refractivity contribution is 0.623. The molecule has 10 aromatic rings. The van der Waals surface area contributed by atoms with Crippen LogP contribution in [0.1, 0.15) is 0 Å². The largest absolute Gasteiger partial charge is 0.435 e. The van der Waals surface area contributed by atoms with Crippen molar-refractivity contribution >= 4 is 71.5 Å². The van der Waals surface area contributed by atoms with Crippen LogP contribution in [0.15, 0.2) is 180 Å². The molecule has 0 saturated carbocycles. The van der Waals surface area contributed by atoms with Crippen molar-refractivity contribution in [3.63, 3.8) is 0 Å². The molecule has 0 unspecified atom stereocenters. The molecule has 0 atom stereocenters. The summed E-state index contributed by atoms with van der Waals surface area (Å²) in [5.41, 5.74) is 9.36. The Morgan fingerprint density at radius 2 is 1.16 bits per heavy atom. The second-order valence-electron chi connectivity index (χ2n) is 12.4. The van der Waals surface area contributed by atoms with Crippen molar-refractivity contribution in [2.75, 3.05) is 4.90 Å². The van der Waals surface area contributed by atoms with Gasteiger partial charge in [0.25, 0.3) is 0 Å². The van der Waals surface area contributed by atoms with Crippen molar-refractivity contribution in [1.82, 2.24) is 9.55 Å². The summed E-state index contributed by atoms with van der Waals surface area (Å²) in [6, 6.07) is 62.1. The van der Waals surface area contributed by atoms with E-state index < -0.39 is 0 Å². The SMILES string of the molecule is c1ccc(-c2nc3ccc4ccc5ccc(N(c6ccccc6)c6cccc7c6c6ccccc6n7-c6ccccc6)cc5c4c3o2)cc1. The third-order valence-corrected chi connectivity index (χ3v) is 9.56. The smallest absolute Gasteiger partial charge is 0.227 e. The number of nitrogens with zero attached hydrogens (tertiary/aromatic N) is 3. The van der Waals surface area contributed by atoms with Crippen molar-refractivity contribution in [2.45, 2.75) is 0 Å². The van der Waals surface area contributed by atoms with Crippen molar-refractivity contribution < 1.29 is 4.42 Å². The fraction of sp³-hybridized carbons (Fsp3) is 0. The molecule has 0 N–H and O–H groups in total. The molecule has 0 aliphatic carbocycles. The van der Waals surface area contributed by atoms with Crippen LogP contribution in [0, 0.1) is 0 Å². The van der Waals surface area contributed by atoms with Gasteiger partial charge in [-0.2, -0.15) is 0 Å². The second kappa shape index (κ2) is 11.0. The molecular weight excluding hydrogens is 599 g/mol. The van der Waals surface area contributed by atoms with Crippen molar-refractivity contribution in [3.05, 3.63) is 176 Å². The normalized spacial score (nSPS) is 11.7. The molecule has 0 saturated heterocycles. The van der Waals surface area contributed by atoms with Crippen molar-refractivity contribution in [3.8, 4) is 17.1 Å². The van der Waals surface area contributed by atoms with Gasteiger partial charge < -0.3 is 13.9 Å². The van der Waals surface area contributed by atoms with E-state index in [1.54, 1.807) is 0 Å². The Morgan fingerprint density at radius 3 is 2.00 bits per heavy atom. The average Bonchev–Trinajstić information content (AvgIpc) is 3.76.